The fourth-order valence-electron chi connectivity index (χ4n) is 1.15. The van der Waals surface area contributed by atoms with E-state index in [0.717, 1.165) is 4.88 Å². The first-order valence-corrected chi connectivity index (χ1v) is 5.60. The van der Waals surface area contributed by atoms with Gasteiger partial charge in [-0.05, 0) is 26.0 Å². The number of alkyl halides is 4. The molecule has 0 aliphatic rings. The van der Waals surface area contributed by atoms with Gasteiger partial charge in [0.25, 0.3) is 5.91 Å². The van der Waals surface area contributed by atoms with Crippen molar-refractivity contribution in [2.75, 3.05) is 0 Å². The Morgan fingerprint density at radius 2 is 2.00 bits per heavy atom. The van der Waals surface area contributed by atoms with Gasteiger partial charge in [0, 0.05) is 9.75 Å². The van der Waals surface area contributed by atoms with Gasteiger partial charge >= 0.3 is 12.3 Å². The first kappa shape index (κ1) is 14.0. The van der Waals surface area contributed by atoms with Gasteiger partial charge < -0.3 is 5.32 Å². The van der Waals surface area contributed by atoms with Crippen LogP contribution in [0.4, 0.5) is 17.6 Å². The zero-order chi connectivity index (χ0) is 13.2. The van der Waals surface area contributed by atoms with Crippen molar-refractivity contribution in [3.05, 3.63) is 21.9 Å². The monoisotopic (exact) mass is 269 g/mol. The van der Waals surface area contributed by atoms with Crippen LogP contribution in [0.15, 0.2) is 12.1 Å². The summed E-state index contributed by atoms with van der Waals surface area (Å²) in [6, 6.07) is 2.70. The van der Waals surface area contributed by atoms with Gasteiger partial charge in [0.05, 0.1) is 6.04 Å². The Balaban J connectivity index is 2.69. The van der Waals surface area contributed by atoms with Crippen molar-refractivity contribution < 1.29 is 22.4 Å². The highest BCUT2D eigenvalue weighted by Crippen LogP contribution is 2.26. The lowest BCUT2D eigenvalue weighted by molar-refractivity contribution is -0.170. The summed E-state index contributed by atoms with van der Waals surface area (Å²) in [7, 11) is 0. The van der Waals surface area contributed by atoms with Gasteiger partial charge in [0.1, 0.15) is 0 Å². The SMILES string of the molecule is Cc1ccc(C(C)NC(=O)C(F)(F)C(F)F)s1. The van der Waals surface area contributed by atoms with E-state index in [2.05, 4.69) is 0 Å². The molecular formula is C10H11F4NOS. The van der Waals surface area contributed by atoms with E-state index in [-0.39, 0.29) is 0 Å². The molecule has 0 saturated carbocycles. The van der Waals surface area contributed by atoms with Gasteiger partial charge in [-0.15, -0.1) is 11.3 Å². The van der Waals surface area contributed by atoms with Crippen LogP contribution < -0.4 is 5.32 Å². The summed E-state index contributed by atoms with van der Waals surface area (Å²) < 4.78 is 49.1. The fourth-order valence-corrected chi connectivity index (χ4v) is 2.03. The molecule has 1 aromatic rings. The lowest BCUT2D eigenvalue weighted by Gasteiger charge is -2.18. The average molecular weight is 269 g/mol. The van der Waals surface area contributed by atoms with Crippen LogP contribution in [0.1, 0.15) is 22.7 Å². The molecule has 1 N–H and O–H groups in total. The molecular weight excluding hydrogens is 258 g/mol. The molecule has 96 valence electrons. The molecule has 2 nitrogen and oxygen atoms in total. The Morgan fingerprint density at radius 1 is 1.41 bits per heavy atom. The van der Waals surface area contributed by atoms with Crippen LogP contribution in [-0.4, -0.2) is 18.3 Å². The highest BCUT2D eigenvalue weighted by Gasteiger charge is 2.49. The van der Waals surface area contributed by atoms with Crippen LogP contribution in [0, 0.1) is 6.92 Å². The van der Waals surface area contributed by atoms with Crippen molar-refractivity contribution >= 4 is 17.2 Å². The van der Waals surface area contributed by atoms with Gasteiger partial charge in [-0.3, -0.25) is 4.79 Å². The van der Waals surface area contributed by atoms with E-state index in [9.17, 15) is 22.4 Å². The fraction of sp³-hybridized carbons (Fsp3) is 0.500. The lowest BCUT2D eigenvalue weighted by atomic mass is 10.2. The molecule has 1 amide bonds. The second-order valence-electron chi connectivity index (χ2n) is 3.57. The van der Waals surface area contributed by atoms with Crippen LogP contribution in [0.3, 0.4) is 0 Å². The Bertz CT molecular complexity index is 405. The van der Waals surface area contributed by atoms with Gasteiger partial charge in [0.15, 0.2) is 0 Å². The summed E-state index contributed by atoms with van der Waals surface area (Å²) in [6.07, 6.45) is -4.00. The second kappa shape index (κ2) is 5.03. The number of amides is 1. The standard InChI is InChI=1S/C10H11F4NOS/c1-5-3-4-7(17-5)6(2)15-9(16)10(13,14)8(11)12/h3-4,6,8H,1-2H3,(H,15,16). The topological polar surface area (TPSA) is 29.1 Å². The maximum atomic E-state index is 12.7. The number of nitrogens with one attached hydrogen (secondary N) is 1. The van der Waals surface area contributed by atoms with Crippen LogP contribution >= 0.6 is 11.3 Å². The Labute approximate surface area is 99.6 Å². The third kappa shape index (κ3) is 3.18. The molecule has 0 aromatic carbocycles. The van der Waals surface area contributed by atoms with E-state index in [1.54, 1.807) is 12.1 Å². The van der Waals surface area contributed by atoms with Crippen molar-refractivity contribution in [1.82, 2.24) is 5.32 Å². The smallest absolute Gasteiger partial charge is 0.343 e. The van der Waals surface area contributed by atoms with Crippen molar-refractivity contribution in [2.45, 2.75) is 32.2 Å². The maximum Gasteiger partial charge on any atom is 0.383 e. The number of hydrogen-bond donors (Lipinski definition) is 1. The highest BCUT2D eigenvalue weighted by molar-refractivity contribution is 7.12. The summed E-state index contributed by atoms with van der Waals surface area (Å²) in [6.45, 7) is 3.28. The molecule has 1 atom stereocenters. The predicted octanol–water partition coefficient (Wildman–Crippen LogP) is 3.13. The number of aryl methyl sites for hydroxylation is 1. The largest absolute Gasteiger partial charge is 0.383 e. The molecule has 0 bridgehead atoms. The van der Waals surface area contributed by atoms with Gasteiger partial charge in [-0.25, -0.2) is 8.78 Å². The Morgan fingerprint density at radius 3 is 2.41 bits per heavy atom. The summed E-state index contributed by atoms with van der Waals surface area (Å²) in [4.78, 5) is 12.5. The van der Waals surface area contributed by atoms with Crippen molar-refractivity contribution in [3.63, 3.8) is 0 Å². The molecule has 0 fully saturated rings. The maximum absolute atomic E-state index is 12.7. The van der Waals surface area contributed by atoms with Gasteiger partial charge in [-0.2, -0.15) is 8.78 Å². The molecule has 17 heavy (non-hydrogen) atoms. The highest BCUT2D eigenvalue weighted by atomic mass is 32.1. The zero-order valence-corrected chi connectivity index (χ0v) is 9.95. The number of hydrogen-bond acceptors (Lipinski definition) is 2. The second-order valence-corrected chi connectivity index (χ2v) is 4.89. The van der Waals surface area contributed by atoms with Crippen LogP contribution in [0.5, 0.6) is 0 Å². The molecule has 1 unspecified atom stereocenters. The summed E-state index contributed by atoms with van der Waals surface area (Å²) >= 11 is 1.31. The third-order valence-corrected chi connectivity index (χ3v) is 3.30. The van der Waals surface area contributed by atoms with E-state index in [1.807, 2.05) is 12.2 Å². The summed E-state index contributed by atoms with van der Waals surface area (Å²) in [5.41, 5.74) is 0. The molecule has 1 rings (SSSR count). The quantitative estimate of drug-likeness (QED) is 0.836. The molecule has 7 heteroatoms. The first-order valence-electron chi connectivity index (χ1n) is 4.78. The number of rotatable bonds is 4. The van der Waals surface area contributed by atoms with Gasteiger partial charge in [-0.1, -0.05) is 0 Å². The normalized spacial score (nSPS) is 13.8. The van der Waals surface area contributed by atoms with Crippen molar-refractivity contribution in [2.24, 2.45) is 0 Å². The minimum absolute atomic E-state index is 0.640. The molecule has 1 aromatic heterocycles. The summed E-state index contributed by atoms with van der Waals surface area (Å²) in [5.74, 6) is -6.60. The number of halogens is 4. The average Bonchev–Trinajstić information content (AvgIpc) is 2.64. The third-order valence-electron chi connectivity index (χ3n) is 2.11. The molecule has 0 aliphatic carbocycles. The molecule has 0 radical (unpaired) electrons. The minimum Gasteiger partial charge on any atom is -0.343 e. The molecule has 0 aliphatic heterocycles. The molecule has 0 spiro atoms. The van der Waals surface area contributed by atoms with Crippen molar-refractivity contribution in [1.29, 1.82) is 0 Å². The van der Waals surface area contributed by atoms with Gasteiger partial charge in [0.2, 0.25) is 0 Å². The number of carbonyl (C=O) groups excluding carboxylic acids is 1. The molecule has 0 saturated heterocycles. The Kier molecular flexibility index (Phi) is 4.13. The number of carbonyl (C=O) groups is 1. The van der Waals surface area contributed by atoms with E-state index in [0.29, 0.717) is 4.88 Å². The first-order chi connectivity index (χ1) is 7.75. The summed E-state index contributed by atoms with van der Waals surface area (Å²) in [5, 5.41) is 1.87. The number of thiophene rings is 1. The predicted molar refractivity (Wildman–Crippen MR) is 56.6 cm³/mol. The van der Waals surface area contributed by atoms with Crippen molar-refractivity contribution in [3.8, 4) is 0 Å². The van der Waals surface area contributed by atoms with Crippen LogP contribution in [-0.2, 0) is 4.79 Å². The Hall–Kier alpha value is -1.11. The molecule has 1 heterocycles. The van der Waals surface area contributed by atoms with Crippen LogP contribution in [0.2, 0.25) is 0 Å². The zero-order valence-electron chi connectivity index (χ0n) is 9.14. The van der Waals surface area contributed by atoms with E-state index >= 15 is 0 Å². The minimum atomic E-state index is -4.65. The van der Waals surface area contributed by atoms with E-state index < -0.39 is 24.3 Å². The lowest BCUT2D eigenvalue weighted by Crippen LogP contribution is -2.45. The van der Waals surface area contributed by atoms with E-state index in [1.165, 1.54) is 18.3 Å². The van der Waals surface area contributed by atoms with Crippen LogP contribution in [0.25, 0.3) is 0 Å². The van der Waals surface area contributed by atoms with E-state index in [4.69, 9.17) is 0 Å².